The molecular formula is C23H24ClN7O. The highest BCUT2D eigenvalue weighted by molar-refractivity contribution is 6.32. The fourth-order valence-electron chi connectivity index (χ4n) is 4.71. The average Bonchev–Trinajstić information content (AvgIpc) is 3.50. The second-order valence-corrected chi connectivity index (χ2v) is 8.91. The number of rotatable bonds is 3. The van der Waals surface area contributed by atoms with Crippen LogP contribution in [0.25, 0.3) is 16.7 Å². The zero-order chi connectivity index (χ0) is 22.6. The van der Waals surface area contributed by atoms with Crippen molar-refractivity contribution >= 4 is 28.5 Å². The molecule has 1 saturated heterocycles. The maximum Gasteiger partial charge on any atom is 0.275 e. The van der Waals surface area contributed by atoms with E-state index in [9.17, 15) is 4.79 Å². The predicted molar refractivity (Wildman–Crippen MR) is 122 cm³/mol. The molecule has 3 aromatic heterocycles. The molecule has 1 fully saturated rings. The van der Waals surface area contributed by atoms with Crippen molar-refractivity contribution in [2.45, 2.75) is 39.2 Å². The van der Waals surface area contributed by atoms with Crippen molar-refractivity contribution < 1.29 is 4.79 Å². The summed E-state index contributed by atoms with van der Waals surface area (Å²) in [5.41, 5.74) is 3.89. The molecule has 8 nitrogen and oxygen atoms in total. The highest BCUT2D eigenvalue weighted by Gasteiger charge is 2.45. The smallest absolute Gasteiger partial charge is 0.275 e. The summed E-state index contributed by atoms with van der Waals surface area (Å²) >= 11 is 6.35. The van der Waals surface area contributed by atoms with E-state index in [1.54, 1.807) is 12.4 Å². The summed E-state index contributed by atoms with van der Waals surface area (Å²) in [6.45, 7) is 6.55. The monoisotopic (exact) mass is 449 g/mol. The second-order valence-electron chi connectivity index (χ2n) is 8.51. The van der Waals surface area contributed by atoms with Gasteiger partial charge in [0.2, 0.25) is 0 Å². The largest absolute Gasteiger partial charge is 0.329 e. The second kappa shape index (κ2) is 7.41. The highest BCUT2D eigenvalue weighted by Crippen LogP contribution is 2.41. The molecule has 0 unspecified atom stereocenters. The Kier molecular flexibility index (Phi) is 4.78. The molecule has 4 heterocycles. The number of imidazole rings is 1. The summed E-state index contributed by atoms with van der Waals surface area (Å²) in [7, 11) is 1.99. The zero-order valence-corrected chi connectivity index (χ0v) is 19.3. The minimum atomic E-state index is -0.579. The van der Waals surface area contributed by atoms with Gasteiger partial charge in [-0.15, -0.1) is 4.80 Å². The molecule has 1 aliphatic heterocycles. The van der Waals surface area contributed by atoms with E-state index in [0.29, 0.717) is 22.9 Å². The number of fused-ring (bicyclic) bond motifs is 1. The molecule has 1 aromatic carbocycles. The number of aromatic nitrogens is 6. The van der Waals surface area contributed by atoms with Crippen LogP contribution >= 0.6 is 11.6 Å². The maximum atomic E-state index is 13.9. The molecule has 4 aromatic rings. The van der Waals surface area contributed by atoms with Crippen LogP contribution in [0.5, 0.6) is 0 Å². The van der Waals surface area contributed by atoms with E-state index < -0.39 is 5.54 Å². The number of hydrogen-bond donors (Lipinski definition) is 0. The number of nitrogens with zero attached hydrogens (tertiary/aromatic N) is 7. The van der Waals surface area contributed by atoms with Gasteiger partial charge < -0.3 is 9.47 Å². The molecule has 0 bridgehead atoms. The van der Waals surface area contributed by atoms with Gasteiger partial charge in [0.05, 0.1) is 29.0 Å². The number of carbonyl (C=O) groups excluding carboxylic acids is 1. The quantitative estimate of drug-likeness (QED) is 0.472. The molecule has 164 valence electrons. The first-order valence-electron chi connectivity index (χ1n) is 10.6. The van der Waals surface area contributed by atoms with Crippen molar-refractivity contribution in [3.05, 3.63) is 64.5 Å². The van der Waals surface area contributed by atoms with Crippen molar-refractivity contribution in [1.82, 2.24) is 34.4 Å². The van der Waals surface area contributed by atoms with Crippen molar-refractivity contribution in [2.75, 3.05) is 6.54 Å². The van der Waals surface area contributed by atoms with Crippen LogP contribution in [-0.2, 0) is 12.6 Å². The number of amides is 1. The molecule has 0 radical (unpaired) electrons. The Bertz CT molecular complexity index is 1340. The summed E-state index contributed by atoms with van der Waals surface area (Å²) in [4.78, 5) is 26.8. The molecule has 1 aliphatic rings. The molecule has 0 saturated carbocycles. The molecule has 32 heavy (non-hydrogen) atoms. The Morgan fingerprint density at radius 3 is 2.59 bits per heavy atom. The molecule has 0 aliphatic carbocycles. The van der Waals surface area contributed by atoms with Gasteiger partial charge in [0, 0.05) is 24.3 Å². The van der Waals surface area contributed by atoms with E-state index in [0.717, 1.165) is 41.0 Å². The third-order valence-corrected chi connectivity index (χ3v) is 6.87. The third-order valence-electron chi connectivity index (χ3n) is 6.46. The van der Waals surface area contributed by atoms with Crippen LogP contribution in [0, 0.1) is 13.8 Å². The lowest BCUT2D eigenvalue weighted by atomic mass is 9.97. The molecule has 1 amide bonds. The molecule has 0 N–H and O–H groups in total. The number of hydrogen-bond acceptors (Lipinski definition) is 5. The number of carbonyl (C=O) groups is 1. The topological polar surface area (TPSA) is 81.7 Å². The van der Waals surface area contributed by atoms with Crippen LogP contribution in [0.2, 0.25) is 5.02 Å². The van der Waals surface area contributed by atoms with E-state index in [-0.39, 0.29) is 5.91 Å². The Morgan fingerprint density at radius 2 is 1.84 bits per heavy atom. The average molecular weight is 450 g/mol. The number of pyridine rings is 1. The Morgan fingerprint density at radius 1 is 1.09 bits per heavy atom. The van der Waals surface area contributed by atoms with Crippen molar-refractivity contribution in [2.24, 2.45) is 7.05 Å². The number of likely N-dealkylation sites (tertiary alicyclic amines) is 1. The van der Waals surface area contributed by atoms with Gasteiger partial charge in [0.15, 0.2) is 5.69 Å². The van der Waals surface area contributed by atoms with Crippen LogP contribution in [0.15, 0.2) is 36.7 Å². The first-order valence-corrected chi connectivity index (χ1v) is 11.0. The predicted octanol–water partition coefficient (Wildman–Crippen LogP) is 3.97. The summed E-state index contributed by atoms with van der Waals surface area (Å²) < 4.78 is 2.07. The van der Waals surface area contributed by atoms with Gasteiger partial charge in [0.1, 0.15) is 11.5 Å². The maximum absolute atomic E-state index is 13.9. The van der Waals surface area contributed by atoms with Gasteiger partial charge in [-0.25, -0.2) is 9.97 Å². The lowest BCUT2D eigenvalue weighted by molar-refractivity contribution is 0.0593. The van der Waals surface area contributed by atoms with Gasteiger partial charge >= 0.3 is 0 Å². The van der Waals surface area contributed by atoms with Crippen LogP contribution in [0.4, 0.5) is 0 Å². The summed E-state index contributed by atoms with van der Waals surface area (Å²) in [5, 5.41) is 9.10. The lowest BCUT2D eigenvalue weighted by Crippen LogP contribution is -2.45. The van der Waals surface area contributed by atoms with E-state index in [1.165, 1.54) is 4.80 Å². The molecule has 0 spiro atoms. The van der Waals surface area contributed by atoms with Crippen LogP contribution < -0.4 is 0 Å². The number of halogens is 1. The molecular weight excluding hydrogens is 426 g/mol. The number of aryl methyl sites for hydroxylation is 3. The number of benzene rings is 1. The zero-order valence-electron chi connectivity index (χ0n) is 18.5. The van der Waals surface area contributed by atoms with Crippen LogP contribution in [0.1, 0.15) is 47.3 Å². The Balaban J connectivity index is 1.63. The van der Waals surface area contributed by atoms with Crippen LogP contribution in [0.3, 0.4) is 0 Å². The van der Waals surface area contributed by atoms with Gasteiger partial charge in [0.25, 0.3) is 5.91 Å². The standard InChI is InChI=1S/C23H24ClN7O/c1-14-6-8-18(31-25-11-12-26-31)20(27-14)21(32)30-13-5-10-23(30,3)22-28-19-15(2)16(24)7-9-17(19)29(22)4/h6-9,11-12H,5,10,13H2,1-4H3/t23-/m0/s1. The highest BCUT2D eigenvalue weighted by atomic mass is 35.5. The molecule has 9 heteroatoms. The van der Waals surface area contributed by atoms with Crippen molar-refractivity contribution in [3.63, 3.8) is 0 Å². The van der Waals surface area contributed by atoms with Crippen molar-refractivity contribution in [1.29, 1.82) is 0 Å². The lowest BCUT2D eigenvalue weighted by Gasteiger charge is -2.34. The van der Waals surface area contributed by atoms with E-state index in [2.05, 4.69) is 26.7 Å². The summed E-state index contributed by atoms with van der Waals surface area (Å²) in [5.74, 6) is 0.693. The first-order chi connectivity index (χ1) is 15.3. The Hall–Kier alpha value is -3.26. The van der Waals surface area contributed by atoms with Gasteiger partial charge in [-0.1, -0.05) is 11.6 Å². The minimum absolute atomic E-state index is 0.150. The van der Waals surface area contributed by atoms with E-state index >= 15 is 0 Å². The van der Waals surface area contributed by atoms with Gasteiger partial charge in [-0.3, -0.25) is 4.79 Å². The molecule has 5 rings (SSSR count). The fraction of sp³-hybridized carbons (Fsp3) is 0.348. The van der Waals surface area contributed by atoms with Crippen LogP contribution in [-0.4, -0.2) is 46.9 Å². The van der Waals surface area contributed by atoms with Gasteiger partial charge in [-0.05, 0) is 63.4 Å². The van der Waals surface area contributed by atoms with E-state index in [4.69, 9.17) is 16.6 Å². The molecule has 1 atom stereocenters. The summed E-state index contributed by atoms with van der Waals surface area (Å²) in [6, 6.07) is 7.57. The SMILES string of the molecule is Cc1ccc(-n2nccn2)c(C(=O)N2CCC[C@@]2(C)c2nc3c(C)c(Cl)ccc3n2C)n1. The Labute approximate surface area is 190 Å². The van der Waals surface area contributed by atoms with E-state index in [1.807, 2.05) is 50.1 Å². The summed E-state index contributed by atoms with van der Waals surface area (Å²) in [6.07, 6.45) is 4.86. The van der Waals surface area contributed by atoms with Gasteiger partial charge in [-0.2, -0.15) is 10.2 Å². The third kappa shape index (κ3) is 3.01. The first kappa shape index (κ1) is 20.6. The normalized spacial score (nSPS) is 18.6. The van der Waals surface area contributed by atoms with Crippen molar-refractivity contribution in [3.8, 4) is 5.69 Å². The minimum Gasteiger partial charge on any atom is -0.329 e. The fourth-order valence-corrected chi connectivity index (χ4v) is 4.86.